The Hall–Kier alpha value is -8.20. The first-order valence-electron chi connectivity index (χ1n) is 21.3. The Morgan fingerprint density at radius 1 is 0.242 bits per heavy atom. The quantitative estimate of drug-likeness (QED) is 0.141. The van der Waals surface area contributed by atoms with Gasteiger partial charge in [-0.2, -0.15) is 0 Å². The van der Waals surface area contributed by atoms with Crippen molar-refractivity contribution in [2.24, 2.45) is 0 Å². The van der Waals surface area contributed by atoms with Crippen molar-refractivity contribution in [2.75, 3.05) is 4.90 Å². The summed E-state index contributed by atoms with van der Waals surface area (Å²) in [6.07, 6.45) is 0. The van der Waals surface area contributed by atoms with E-state index < -0.39 is 0 Å². The predicted molar refractivity (Wildman–Crippen MR) is 263 cm³/mol. The second-order valence-electron chi connectivity index (χ2n) is 15.8. The van der Waals surface area contributed by atoms with Gasteiger partial charge in [-0.25, -0.2) is 0 Å². The molecule has 0 saturated heterocycles. The van der Waals surface area contributed by atoms with Crippen LogP contribution >= 0.6 is 0 Å². The molecule has 0 unspecified atom stereocenters. The molecule has 2 heteroatoms. The normalized spacial score (nSPS) is 11.2. The second kappa shape index (κ2) is 16.1. The number of fused-ring (bicyclic) bond motifs is 3. The molecule has 0 radical (unpaired) electrons. The Morgan fingerprint density at radius 3 is 1.11 bits per heavy atom. The Morgan fingerprint density at radius 2 is 0.597 bits per heavy atom. The van der Waals surface area contributed by atoms with Gasteiger partial charge >= 0.3 is 0 Å². The summed E-state index contributed by atoms with van der Waals surface area (Å²) in [6.45, 7) is 0. The van der Waals surface area contributed by atoms with Crippen molar-refractivity contribution >= 4 is 38.9 Å². The fourth-order valence-corrected chi connectivity index (χ4v) is 8.96. The molecule has 0 bridgehead atoms. The van der Waals surface area contributed by atoms with Crippen LogP contribution < -0.4 is 4.90 Å². The van der Waals surface area contributed by atoms with Crippen LogP contribution in [0.5, 0.6) is 0 Å². The lowest BCUT2D eigenvalue weighted by molar-refractivity contribution is 1.18. The molecule has 0 fully saturated rings. The summed E-state index contributed by atoms with van der Waals surface area (Å²) in [6, 6.07) is 91.9. The summed E-state index contributed by atoms with van der Waals surface area (Å²) < 4.78 is 2.37. The van der Waals surface area contributed by atoms with E-state index >= 15 is 0 Å². The first kappa shape index (κ1) is 36.8. The van der Waals surface area contributed by atoms with E-state index in [9.17, 15) is 0 Å². The summed E-state index contributed by atoms with van der Waals surface area (Å²) in [7, 11) is 0. The Labute approximate surface area is 362 Å². The maximum Gasteiger partial charge on any atom is 0.0541 e. The molecule has 10 aromatic carbocycles. The average Bonchev–Trinajstić information content (AvgIpc) is 3.70. The summed E-state index contributed by atoms with van der Waals surface area (Å²) in [5, 5.41) is 2.54. The fourth-order valence-electron chi connectivity index (χ4n) is 8.96. The summed E-state index contributed by atoms with van der Waals surface area (Å²) in [5.74, 6) is 0. The molecular formula is C60H42N2. The van der Waals surface area contributed by atoms with Crippen LogP contribution in [0.15, 0.2) is 255 Å². The minimum absolute atomic E-state index is 1.09. The minimum Gasteiger partial charge on any atom is -0.311 e. The molecule has 1 aromatic heterocycles. The van der Waals surface area contributed by atoms with Crippen LogP contribution in [0, 0.1) is 0 Å². The number of para-hydroxylation sites is 2. The molecule has 0 saturated carbocycles. The highest BCUT2D eigenvalue weighted by atomic mass is 15.1. The van der Waals surface area contributed by atoms with Crippen molar-refractivity contribution in [3.8, 4) is 61.3 Å². The topological polar surface area (TPSA) is 8.17 Å². The van der Waals surface area contributed by atoms with E-state index in [1.54, 1.807) is 0 Å². The van der Waals surface area contributed by atoms with Gasteiger partial charge < -0.3 is 9.47 Å². The zero-order valence-electron chi connectivity index (χ0n) is 34.1. The van der Waals surface area contributed by atoms with E-state index in [4.69, 9.17) is 0 Å². The molecule has 62 heavy (non-hydrogen) atoms. The van der Waals surface area contributed by atoms with E-state index in [1.165, 1.54) is 77.4 Å². The number of hydrogen-bond donors (Lipinski definition) is 0. The van der Waals surface area contributed by atoms with E-state index in [0.717, 1.165) is 22.7 Å². The van der Waals surface area contributed by atoms with Crippen molar-refractivity contribution in [1.82, 2.24) is 4.57 Å². The smallest absolute Gasteiger partial charge is 0.0541 e. The zero-order valence-corrected chi connectivity index (χ0v) is 34.1. The first-order chi connectivity index (χ1) is 30.7. The van der Waals surface area contributed by atoms with Crippen molar-refractivity contribution in [1.29, 1.82) is 0 Å². The molecule has 11 aromatic rings. The van der Waals surface area contributed by atoms with Crippen molar-refractivity contribution in [2.45, 2.75) is 0 Å². The van der Waals surface area contributed by atoms with E-state index in [1.807, 2.05) is 0 Å². The van der Waals surface area contributed by atoms with Gasteiger partial charge in [0.1, 0.15) is 0 Å². The van der Waals surface area contributed by atoms with E-state index in [-0.39, 0.29) is 0 Å². The van der Waals surface area contributed by atoms with Gasteiger partial charge in [-0.3, -0.25) is 0 Å². The first-order valence-corrected chi connectivity index (χ1v) is 21.3. The lowest BCUT2D eigenvalue weighted by Gasteiger charge is -2.26. The second-order valence-corrected chi connectivity index (χ2v) is 15.8. The van der Waals surface area contributed by atoms with Gasteiger partial charge in [-0.15, -0.1) is 0 Å². The van der Waals surface area contributed by atoms with E-state index in [0.29, 0.717) is 0 Å². The third-order valence-corrected chi connectivity index (χ3v) is 12.0. The molecule has 1 heterocycles. The van der Waals surface area contributed by atoms with Gasteiger partial charge in [0.2, 0.25) is 0 Å². The van der Waals surface area contributed by atoms with Crippen molar-refractivity contribution < 1.29 is 0 Å². The lowest BCUT2D eigenvalue weighted by atomic mass is 9.92. The summed E-state index contributed by atoms with van der Waals surface area (Å²) in [4.78, 5) is 2.35. The third kappa shape index (κ3) is 6.94. The number of aromatic nitrogens is 1. The molecule has 0 aliphatic heterocycles. The molecule has 0 aliphatic rings. The molecule has 292 valence electrons. The maximum atomic E-state index is 2.37. The van der Waals surface area contributed by atoms with Crippen LogP contribution in [0.1, 0.15) is 0 Å². The Kier molecular flexibility index (Phi) is 9.57. The largest absolute Gasteiger partial charge is 0.311 e. The van der Waals surface area contributed by atoms with Gasteiger partial charge in [-0.1, -0.05) is 188 Å². The SMILES string of the molecule is c1ccc(-c2ccc(N(c3ccc(-c4ccc(-n5c6ccccc6c6ccccc65)cc4)cc3)c3ccc(-c4cccc(-c5ccccc5-c5ccccc5)c4)cc3)cc2)cc1. The van der Waals surface area contributed by atoms with E-state index in [2.05, 4.69) is 264 Å². The van der Waals surface area contributed by atoms with Crippen LogP contribution in [-0.2, 0) is 0 Å². The van der Waals surface area contributed by atoms with Crippen LogP contribution in [0.2, 0.25) is 0 Å². The van der Waals surface area contributed by atoms with Crippen LogP contribution in [0.4, 0.5) is 17.1 Å². The molecule has 0 atom stereocenters. The van der Waals surface area contributed by atoms with Gasteiger partial charge in [0.25, 0.3) is 0 Å². The van der Waals surface area contributed by atoms with Crippen LogP contribution in [0.25, 0.3) is 83.1 Å². The summed E-state index contributed by atoms with van der Waals surface area (Å²) >= 11 is 0. The maximum absolute atomic E-state index is 2.37. The number of rotatable bonds is 9. The fraction of sp³-hybridized carbons (Fsp3) is 0. The highest BCUT2D eigenvalue weighted by Crippen LogP contribution is 2.40. The average molecular weight is 791 g/mol. The van der Waals surface area contributed by atoms with Gasteiger partial charge in [0.15, 0.2) is 0 Å². The number of hydrogen-bond acceptors (Lipinski definition) is 1. The van der Waals surface area contributed by atoms with Crippen molar-refractivity contribution in [3.05, 3.63) is 255 Å². The third-order valence-electron chi connectivity index (χ3n) is 12.0. The Balaban J connectivity index is 0.919. The molecule has 11 rings (SSSR count). The zero-order chi connectivity index (χ0) is 41.2. The van der Waals surface area contributed by atoms with Gasteiger partial charge in [-0.05, 0) is 122 Å². The van der Waals surface area contributed by atoms with Gasteiger partial charge in [0, 0.05) is 33.5 Å². The number of nitrogens with zero attached hydrogens (tertiary/aromatic N) is 2. The highest BCUT2D eigenvalue weighted by molar-refractivity contribution is 6.09. The molecule has 2 nitrogen and oxygen atoms in total. The van der Waals surface area contributed by atoms with Gasteiger partial charge in [0.05, 0.1) is 11.0 Å². The number of anilines is 3. The molecule has 0 spiro atoms. The van der Waals surface area contributed by atoms with Crippen molar-refractivity contribution in [3.63, 3.8) is 0 Å². The molecule has 0 aliphatic carbocycles. The minimum atomic E-state index is 1.09. The van der Waals surface area contributed by atoms with Crippen LogP contribution in [-0.4, -0.2) is 4.57 Å². The monoisotopic (exact) mass is 790 g/mol. The predicted octanol–water partition coefficient (Wildman–Crippen LogP) is 16.6. The highest BCUT2D eigenvalue weighted by Gasteiger charge is 2.16. The Bertz CT molecular complexity index is 3240. The van der Waals surface area contributed by atoms with Crippen LogP contribution in [0.3, 0.4) is 0 Å². The standard InChI is InChI=1S/C60H42N2/c1-3-14-43(15-4-1)44-26-34-51(35-27-44)61(53-38-32-47(33-39-53)49-18-13-19-50(42-49)56-21-8-7-20-55(56)48-16-5-2-6-17-48)52-36-28-45(29-37-52)46-30-40-54(41-31-46)62-59-24-11-9-22-57(59)58-23-10-12-25-60(58)62/h1-42H. The summed E-state index contributed by atoms with van der Waals surface area (Å²) in [5.41, 5.74) is 18.9. The molecule has 0 amide bonds. The number of benzene rings is 10. The lowest BCUT2D eigenvalue weighted by Crippen LogP contribution is -2.09. The molecular weight excluding hydrogens is 749 g/mol. The molecule has 0 N–H and O–H groups in total.